The fraction of sp³-hybridized carbons (Fsp3) is 0.500. The van der Waals surface area contributed by atoms with Crippen molar-refractivity contribution in [3.05, 3.63) is 35.6 Å². The summed E-state index contributed by atoms with van der Waals surface area (Å²) in [6.07, 6.45) is -0.796. The molecule has 0 saturated carbocycles. The summed E-state index contributed by atoms with van der Waals surface area (Å²) in [5, 5.41) is 11.9. The quantitative estimate of drug-likeness (QED) is 0.892. The molecule has 5 nitrogen and oxygen atoms in total. The van der Waals surface area contributed by atoms with E-state index in [-0.39, 0.29) is 5.56 Å². The van der Waals surface area contributed by atoms with Crippen molar-refractivity contribution in [1.29, 1.82) is 0 Å². The molecule has 1 aromatic carbocycles. The Hall–Kier alpha value is -2.11. The summed E-state index contributed by atoms with van der Waals surface area (Å²) < 4.78 is 19.2. The number of carboxylic acids is 1. The topological polar surface area (TPSA) is 75.6 Å². The number of rotatable bonds is 4. The number of nitrogens with one attached hydrogen (secondary N) is 1. The average Bonchev–Trinajstić information content (AvgIpc) is 2.34. The summed E-state index contributed by atoms with van der Waals surface area (Å²) in [5.74, 6) is -1.74. The molecule has 0 heterocycles. The van der Waals surface area contributed by atoms with Crippen molar-refractivity contribution in [3.63, 3.8) is 0 Å². The van der Waals surface area contributed by atoms with Crippen LogP contribution in [0.2, 0.25) is 0 Å². The van der Waals surface area contributed by atoms with Gasteiger partial charge in [0.05, 0.1) is 11.5 Å². The van der Waals surface area contributed by atoms with E-state index in [0.29, 0.717) is 0 Å². The van der Waals surface area contributed by atoms with E-state index in [2.05, 4.69) is 5.32 Å². The summed E-state index contributed by atoms with van der Waals surface area (Å²) in [6.45, 7) is 7.90. The van der Waals surface area contributed by atoms with Gasteiger partial charge in [0.2, 0.25) is 0 Å². The molecule has 0 saturated heterocycles. The Bertz CT molecular complexity index is 564. The van der Waals surface area contributed by atoms with Crippen molar-refractivity contribution in [2.45, 2.75) is 46.3 Å². The van der Waals surface area contributed by atoms with Crippen molar-refractivity contribution in [1.82, 2.24) is 5.32 Å². The number of ether oxygens (including phenoxy) is 1. The Labute approximate surface area is 129 Å². The van der Waals surface area contributed by atoms with Crippen molar-refractivity contribution in [2.24, 2.45) is 5.41 Å². The SMILES string of the molecule is CC(C)(C)OC(=O)N[C@H](c1ccccc1F)C(C)(C)C(=O)O. The normalized spacial score (nSPS) is 13.4. The Balaban J connectivity index is 3.17. The monoisotopic (exact) mass is 311 g/mol. The maximum atomic E-state index is 14.0. The van der Waals surface area contributed by atoms with Gasteiger partial charge in [-0.25, -0.2) is 9.18 Å². The van der Waals surface area contributed by atoms with Gasteiger partial charge in [-0.2, -0.15) is 0 Å². The molecule has 2 N–H and O–H groups in total. The molecule has 0 radical (unpaired) electrons. The van der Waals surface area contributed by atoms with Gasteiger partial charge in [-0.3, -0.25) is 4.79 Å². The molecular formula is C16H22FNO4. The smallest absolute Gasteiger partial charge is 0.408 e. The van der Waals surface area contributed by atoms with Crippen LogP contribution in [-0.2, 0) is 9.53 Å². The molecule has 0 bridgehead atoms. The van der Waals surface area contributed by atoms with Crippen LogP contribution in [0.1, 0.15) is 46.2 Å². The molecule has 22 heavy (non-hydrogen) atoms. The number of hydrogen-bond acceptors (Lipinski definition) is 3. The second-order valence-corrected chi connectivity index (χ2v) is 6.63. The summed E-state index contributed by atoms with van der Waals surface area (Å²) in [4.78, 5) is 23.5. The average molecular weight is 311 g/mol. The van der Waals surface area contributed by atoms with E-state index in [4.69, 9.17) is 4.74 Å². The second kappa shape index (κ2) is 6.34. The number of amides is 1. The first-order valence-corrected chi connectivity index (χ1v) is 6.92. The molecule has 1 amide bonds. The van der Waals surface area contributed by atoms with Gasteiger partial charge in [0, 0.05) is 5.56 Å². The molecule has 122 valence electrons. The fourth-order valence-electron chi connectivity index (χ4n) is 1.91. The number of hydrogen-bond donors (Lipinski definition) is 2. The van der Waals surface area contributed by atoms with Gasteiger partial charge >= 0.3 is 12.1 Å². The summed E-state index contributed by atoms with van der Waals surface area (Å²) in [7, 11) is 0. The number of alkyl carbamates (subject to hydrolysis) is 1. The van der Waals surface area contributed by atoms with Gasteiger partial charge in [0.25, 0.3) is 0 Å². The minimum Gasteiger partial charge on any atom is -0.481 e. The van der Waals surface area contributed by atoms with E-state index >= 15 is 0 Å². The van der Waals surface area contributed by atoms with Crippen LogP contribution in [0.3, 0.4) is 0 Å². The van der Waals surface area contributed by atoms with Gasteiger partial charge in [-0.05, 0) is 40.7 Å². The van der Waals surface area contributed by atoms with Crippen molar-refractivity contribution in [3.8, 4) is 0 Å². The third-order valence-corrected chi connectivity index (χ3v) is 3.15. The number of benzene rings is 1. The highest BCUT2D eigenvalue weighted by molar-refractivity contribution is 5.77. The molecule has 1 rings (SSSR count). The Morgan fingerprint density at radius 2 is 1.73 bits per heavy atom. The molecule has 1 atom stereocenters. The lowest BCUT2D eigenvalue weighted by Gasteiger charge is -2.32. The minimum atomic E-state index is -1.42. The Morgan fingerprint density at radius 1 is 1.18 bits per heavy atom. The number of aliphatic carboxylic acids is 1. The molecular weight excluding hydrogens is 289 g/mol. The zero-order chi connectivity index (χ0) is 17.1. The van der Waals surface area contributed by atoms with E-state index in [0.717, 1.165) is 0 Å². The van der Waals surface area contributed by atoms with Gasteiger partial charge < -0.3 is 15.2 Å². The highest BCUT2D eigenvalue weighted by Gasteiger charge is 2.40. The molecule has 0 aliphatic rings. The first kappa shape index (κ1) is 17.9. The maximum Gasteiger partial charge on any atom is 0.408 e. The summed E-state index contributed by atoms with van der Waals surface area (Å²) in [6, 6.07) is 4.68. The van der Waals surface area contributed by atoms with Crippen LogP contribution in [0.4, 0.5) is 9.18 Å². The molecule has 0 fully saturated rings. The van der Waals surface area contributed by atoms with Gasteiger partial charge in [-0.15, -0.1) is 0 Å². The molecule has 6 heteroatoms. The lowest BCUT2D eigenvalue weighted by atomic mass is 9.80. The van der Waals surface area contributed by atoms with E-state index in [1.165, 1.54) is 32.0 Å². The first-order chi connectivity index (χ1) is 9.95. The second-order valence-electron chi connectivity index (χ2n) is 6.63. The molecule has 0 aromatic heterocycles. The molecule has 1 aromatic rings. The van der Waals surface area contributed by atoms with Crippen LogP contribution >= 0.6 is 0 Å². The third-order valence-electron chi connectivity index (χ3n) is 3.15. The van der Waals surface area contributed by atoms with Gasteiger partial charge in [0.1, 0.15) is 11.4 Å². The van der Waals surface area contributed by atoms with Crippen LogP contribution in [-0.4, -0.2) is 22.8 Å². The number of halogens is 1. The van der Waals surface area contributed by atoms with E-state index in [1.807, 2.05) is 0 Å². The van der Waals surface area contributed by atoms with E-state index in [1.54, 1.807) is 26.8 Å². The summed E-state index contributed by atoms with van der Waals surface area (Å²) >= 11 is 0. The predicted octanol–water partition coefficient (Wildman–Crippen LogP) is 3.50. The standard InChI is InChI=1S/C16H22FNO4/c1-15(2,3)22-14(21)18-12(16(4,5)13(19)20)10-8-6-7-9-11(10)17/h6-9,12H,1-5H3,(H,18,21)(H,19,20)/t12-/m1/s1. The molecule has 0 unspecified atom stereocenters. The Morgan fingerprint density at radius 3 is 2.18 bits per heavy atom. The van der Waals surface area contributed by atoms with E-state index in [9.17, 15) is 19.1 Å². The van der Waals surface area contributed by atoms with Crippen LogP contribution in [0.25, 0.3) is 0 Å². The number of carboxylic acid groups (broad SMARTS) is 1. The van der Waals surface area contributed by atoms with E-state index < -0.39 is 34.9 Å². The number of carbonyl (C=O) groups excluding carboxylic acids is 1. The summed E-state index contributed by atoms with van der Waals surface area (Å²) in [5.41, 5.74) is -2.06. The zero-order valence-electron chi connectivity index (χ0n) is 13.4. The van der Waals surface area contributed by atoms with Crippen LogP contribution in [0, 0.1) is 11.2 Å². The van der Waals surface area contributed by atoms with Gasteiger partial charge in [0.15, 0.2) is 0 Å². The lowest BCUT2D eigenvalue weighted by Crippen LogP contribution is -2.44. The molecule has 0 spiro atoms. The Kier molecular flexibility index (Phi) is 5.17. The van der Waals surface area contributed by atoms with Crippen LogP contribution in [0.15, 0.2) is 24.3 Å². The van der Waals surface area contributed by atoms with Crippen molar-refractivity contribution >= 4 is 12.1 Å². The zero-order valence-corrected chi connectivity index (χ0v) is 13.4. The largest absolute Gasteiger partial charge is 0.481 e. The van der Waals surface area contributed by atoms with Crippen LogP contribution in [0.5, 0.6) is 0 Å². The maximum absolute atomic E-state index is 14.0. The van der Waals surface area contributed by atoms with Crippen molar-refractivity contribution < 1.29 is 23.8 Å². The first-order valence-electron chi connectivity index (χ1n) is 6.92. The third kappa shape index (κ3) is 4.44. The van der Waals surface area contributed by atoms with Crippen molar-refractivity contribution in [2.75, 3.05) is 0 Å². The number of carbonyl (C=O) groups is 2. The fourth-order valence-corrected chi connectivity index (χ4v) is 1.91. The lowest BCUT2D eigenvalue weighted by molar-refractivity contribution is -0.148. The highest BCUT2D eigenvalue weighted by Crippen LogP contribution is 2.35. The van der Waals surface area contributed by atoms with Gasteiger partial charge in [-0.1, -0.05) is 18.2 Å². The van der Waals surface area contributed by atoms with Crippen LogP contribution < -0.4 is 5.32 Å². The predicted molar refractivity (Wildman–Crippen MR) is 79.9 cm³/mol. The minimum absolute atomic E-state index is 0.0979. The molecule has 0 aliphatic heterocycles. The highest BCUT2D eigenvalue weighted by atomic mass is 19.1. The molecule has 0 aliphatic carbocycles.